The molecule has 4 nitrogen and oxygen atoms in total. The number of ether oxygens (including phenoxy) is 1. The molecule has 1 aromatic heterocycles. The average molecular weight is 293 g/mol. The van der Waals surface area contributed by atoms with Gasteiger partial charge >= 0.3 is 6.18 Å². The summed E-state index contributed by atoms with van der Waals surface area (Å²) < 4.78 is 43.4. The molecule has 3 rings (SSSR count). The lowest BCUT2D eigenvalue weighted by atomic mass is 10.1. The zero-order chi connectivity index (χ0) is 13.6. The van der Waals surface area contributed by atoms with Crippen LogP contribution in [0.15, 0.2) is 0 Å². The van der Waals surface area contributed by atoms with Crippen LogP contribution in [-0.2, 0) is 10.9 Å². The molecule has 8 heteroatoms. The van der Waals surface area contributed by atoms with Crippen molar-refractivity contribution in [2.75, 3.05) is 18.0 Å². The third-order valence-electron chi connectivity index (χ3n) is 3.36. The van der Waals surface area contributed by atoms with E-state index in [4.69, 9.17) is 4.74 Å². The summed E-state index contributed by atoms with van der Waals surface area (Å²) in [6, 6.07) is 0. The first-order valence-corrected chi connectivity index (χ1v) is 7.06. The maximum Gasteiger partial charge on any atom is 0.445 e. The minimum absolute atomic E-state index is 0.0117. The molecule has 1 aliphatic heterocycles. The van der Waals surface area contributed by atoms with E-state index in [1.807, 2.05) is 11.8 Å². The molecule has 106 valence electrons. The zero-order valence-corrected chi connectivity index (χ0v) is 11.2. The van der Waals surface area contributed by atoms with Crippen molar-refractivity contribution in [3.63, 3.8) is 0 Å². The number of morpholine rings is 1. The number of rotatable bonds is 2. The zero-order valence-electron chi connectivity index (χ0n) is 10.4. The van der Waals surface area contributed by atoms with Gasteiger partial charge in [0.1, 0.15) is 0 Å². The van der Waals surface area contributed by atoms with Crippen molar-refractivity contribution in [3.8, 4) is 0 Å². The lowest BCUT2D eigenvalue weighted by molar-refractivity contribution is -0.138. The Morgan fingerprint density at radius 3 is 2.58 bits per heavy atom. The van der Waals surface area contributed by atoms with Gasteiger partial charge in [-0.3, -0.25) is 0 Å². The van der Waals surface area contributed by atoms with Crippen molar-refractivity contribution in [1.82, 2.24) is 10.2 Å². The molecule has 0 bridgehead atoms. The molecule has 0 amide bonds. The van der Waals surface area contributed by atoms with E-state index in [1.165, 1.54) is 0 Å². The van der Waals surface area contributed by atoms with Gasteiger partial charge in [-0.1, -0.05) is 11.3 Å². The molecule has 19 heavy (non-hydrogen) atoms. The predicted molar refractivity (Wildman–Crippen MR) is 64.2 cm³/mol. The van der Waals surface area contributed by atoms with Gasteiger partial charge in [0.15, 0.2) is 0 Å². The Labute approximate surface area is 112 Å². The molecule has 1 aliphatic carbocycles. The minimum atomic E-state index is -4.41. The summed E-state index contributed by atoms with van der Waals surface area (Å²) in [5.41, 5.74) is 0. The fourth-order valence-corrected chi connectivity index (χ4v) is 3.06. The smallest absolute Gasteiger partial charge is 0.371 e. The van der Waals surface area contributed by atoms with Crippen LogP contribution in [-0.4, -0.2) is 35.5 Å². The summed E-state index contributed by atoms with van der Waals surface area (Å²) in [5.74, 6) is 0.556. The van der Waals surface area contributed by atoms with Crippen LogP contribution in [0.5, 0.6) is 0 Å². The first-order valence-electron chi connectivity index (χ1n) is 6.24. The molecule has 2 heterocycles. The Kier molecular flexibility index (Phi) is 3.17. The van der Waals surface area contributed by atoms with Gasteiger partial charge < -0.3 is 9.64 Å². The number of halogens is 3. The Bertz CT molecular complexity index is 460. The first kappa shape index (κ1) is 13.1. The highest BCUT2D eigenvalue weighted by atomic mass is 32.1. The lowest BCUT2D eigenvalue weighted by Crippen LogP contribution is -2.47. The van der Waals surface area contributed by atoms with Crippen molar-refractivity contribution >= 4 is 16.5 Å². The second-order valence-corrected chi connectivity index (χ2v) is 6.07. The summed E-state index contributed by atoms with van der Waals surface area (Å²) in [7, 11) is 0. The maximum absolute atomic E-state index is 12.5. The van der Waals surface area contributed by atoms with Gasteiger partial charge in [0.2, 0.25) is 10.1 Å². The summed E-state index contributed by atoms with van der Waals surface area (Å²) in [6.07, 6.45) is -1.99. The van der Waals surface area contributed by atoms with Gasteiger partial charge in [-0.25, -0.2) is 0 Å². The monoisotopic (exact) mass is 293 g/mol. The van der Waals surface area contributed by atoms with Crippen LogP contribution >= 0.6 is 11.3 Å². The standard InChI is InChI=1S/C11H14F3N3OS/c1-6-4-17(5-8(18-6)7-2-3-7)10-16-15-9(19-10)11(12,13)14/h6-8H,2-5H2,1H3/t6-,8+/m1/s1. The van der Waals surface area contributed by atoms with E-state index in [0.717, 1.165) is 12.8 Å². The van der Waals surface area contributed by atoms with Crippen LogP contribution in [0, 0.1) is 5.92 Å². The van der Waals surface area contributed by atoms with E-state index in [-0.39, 0.29) is 12.2 Å². The molecule has 0 radical (unpaired) electrons. The molecular formula is C11H14F3N3OS. The van der Waals surface area contributed by atoms with E-state index in [9.17, 15) is 13.2 Å². The van der Waals surface area contributed by atoms with Gasteiger partial charge in [0.25, 0.3) is 0 Å². The molecule has 2 fully saturated rings. The number of nitrogens with zero attached hydrogens (tertiary/aromatic N) is 3. The Morgan fingerprint density at radius 1 is 1.26 bits per heavy atom. The van der Waals surface area contributed by atoms with Crippen LogP contribution in [0.3, 0.4) is 0 Å². The van der Waals surface area contributed by atoms with E-state index in [1.54, 1.807) is 0 Å². The number of alkyl halides is 3. The van der Waals surface area contributed by atoms with Crippen LogP contribution in [0.25, 0.3) is 0 Å². The largest absolute Gasteiger partial charge is 0.445 e. The normalized spacial score (nSPS) is 28.7. The fraction of sp³-hybridized carbons (Fsp3) is 0.818. The second-order valence-electron chi connectivity index (χ2n) is 5.12. The Balaban J connectivity index is 1.75. The maximum atomic E-state index is 12.5. The summed E-state index contributed by atoms with van der Waals surface area (Å²) in [4.78, 5) is 1.87. The Morgan fingerprint density at radius 2 is 2.00 bits per heavy atom. The van der Waals surface area contributed by atoms with E-state index in [0.29, 0.717) is 35.5 Å². The van der Waals surface area contributed by atoms with Crippen molar-refractivity contribution in [2.45, 2.75) is 38.1 Å². The summed E-state index contributed by atoms with van der Waals surface area (Å²) in [5, 5.41) is 6.36. The molecular weight excluding hydrogens is 279 g/mol. The minimum Gasteiger partial charge on any atom is -0.371 e. The van der Waals surface area contributed by atoms with Gasteiger partial charge in [-0.05, 0) is 25.7 Å². The first-order chi connectivity index (χ1) is 8.93. The van der Waals surface area contributed by atoms with Gasteiger partial charge in [-0.2, -0.15) is 13.2 Å². The van der Waals surface area contributed by atoms with Crippen LogP contribution in [0.1, 0.15) is 24.8 Å². The Hall–Kier alpha value is -0.890. The van der Waals surface area contributed by atoms with Crippen molar-refractivity contribution in [1.29, 1.82) is 0 Å². The lowest BCUT2D eigenvalue weighted by Gasteiger charge is -2.36. The molecule has 1 aromatic rings. The topological polar surface area (TPSA) is 38.2 Å². The van der Waals surface area contributed by atoms with Crippen LogP contribution < -0.4 is 4.90 Å². The SMILES string of the molecule is C[C@@H]1CN(c2nnc(C(F)(F)F)s2)C[C@@H](C2CC2)O1. The van der Waals surface area contributed by atoms with Crippen molar-refractivity contribution < 1.29 is 17.9 Å². The molecule has 1 saturated carbocycles. The fourth-order valence-electron chi connectivity index (χ4n) is 2.33. The highest BCUT2D eigenvalue weighted by molar-refractivity contribution is 7.15. The quantitative estimate of drug-likeness (QED) is 0.840. The molecule has 0 aromatic carbocycles. The van der Waals surface area contributed by atoms with Crippen LogP contribution in [0.2, 0.25) is 0 Å². The summed E-state index contributed by atoms with van der Waals surface area (Å²) in [6.45, 7) is 3.12. The summed E-state index contributed by atoms with van der Waals surface area (Å²) >= 11 is 0.606. The van der Waals surface area contributed by atoms with E-state index in [2.05, 4.69) is 10.2 Å². The molecule has 2 aliphatic rings. The highest BCUT2D eigenvalue weighted by Gasteiger charge is 2.40. The molecule has 2 atom stereocenters. The van der Waals surface area contributed by atoms with Crippen molar-refractivity contribution in [2.24, 2.45) is 5.92 Å². The van der Waals surface area contributed by atoms with Gasteiger partial charge in [0, 0.05) is 13.1 Å². The van der Waals surface area contributed by atoms with E-state index >= 15 is 0 Å². The van der Waals surface area contributed by atoms with E-state index < -0.39 is 11.2 Å². The number of aromatic nitrogens is 2. The van der Waals surface area contributed by atoms with Crippen molar-refractivity contribution in [3.05, 3.63) is 5.01 Å². The molecule has 0 spiro atoms. The molecule has 1 saturated heterocycles. The van der Waals surface area contributed by atoms with Gasteiger partial charge in [0.05, 0.1) is 12.2 Å². The number of hydrogen-bond acceptors (Lipinski definition) is 5. The second kappa shape index (κ2) is 4.59. The molecule has 0 N–H and O–H groups in total. The third kappa shape index (κ3) is 2.84. The number of hydrogen-bond donors (Lipinski definition) is 0. The highest BCUT2D eigenvalue weighted by Crippen LogP contribution is 2.39. The third-order valence-corrected chi connectivity index (χ3v) is 4.39. The predicted octanol–water partition coefficient (Wildman–Crippen LogP) is 2.56. The van der Waals surface area contributed by atoms with Crippen LogP contribution in [0.4, 0.5) is 18.3 Å². The number of anilines is 1. The molecule has 0 unspecified atom stereocenters. The van der Waals surface area contributed by atoms with Gasteiger partial charge in [-0.15, -0.1) is 10.2 Å². The average Bonchev–Trinajstić information content (AvgIpc) is 3.03.